The van der Waals surface area contributed by atoms with Gasteiger partial charge < -0.3 is 10.7 Å². The lowest BCUT2D eigenvalue weighted by molar-refractivity contribution is 0.100. The highest BCUT2D eigenvalue weighted by Crippen LogP contribution is 2.29. The molecule has 0 saturated carbocycles. The average Bonchev–Trinajstić information content (AvgIpc) is 2.81. The molecule has 3 N–H and O–H groups in total. The number of amides is 1. The van der Waals surface area contributed by atoms with E-state index in [1.165, 1.54) is 0 Å². The van der Waals surface area contributed by atoms with Gasteiger partial charge in [-0.05, 0) is 36.6 Å². The molecule has 0 aliphatic carbocycles. The quantitative estimate of drug-likeness (QED) is 0.799. The zero-order valence-electron chi connectivity index (χ0n) is 8.86. The molecular weight excluding hydrogens is 220 g/mol. The molecule has 2 rings (SSSR count). The van der Waals surface area contributed by atoms with Gasteiger partial charge in [0.15, 0.2) is 0 Å². The van der Waals surface area contributed by atoms with Crippen LogP contribution in [0.3, 0.4) is 0 Å². The van der Waals surface area contributed by atoms with E-state index < -0.39 is 5.91 Å². The maximum Gasteiger partial charge on any atom is 0.248 e. The first-order chi connectivity index (χ1) is 7.72. The van der Waals surface area contributed by atoms with Crippen LogP contribution < -0.4 is 5.73 Å². The molecule has 1 heterocycles. The molecule has 0 fully saturated rings. The minimum atomic E-state index is -0.402. The van der Waals surface area contributed by atoms with Crippen LogP contribution in [-0.2, 0) is 0 Å². The zero-order valence-corrected chi connectivity index (χ0v) is 9.67. The number of primary amides is 1. The van der Waals surface area contributed by atoms with E-state index in [1.54, 1.807) is 17.8 Å². The summed E-state index contributed by atoms with van der Waals surface area (Å²) in [7, 11) is 0. The van der Waals surface area contributed by atoms with Gasteiger partial charge in [0.25, 0.3) is 0 Å². The minimum Gasteiger partial charge on any atom is -0.366 e. The Morgan fingerprint density at radius 3 is 2.75 bits per heavy atom. The topological polar surface area (TPSA) is 58.9 Å². The third-order valence-electron chi connectivity index (χ3n) is 2.37. The van der Waals surface area contributed by atoms with Crippen LogP contribution >= 0.6 is 11.8 Å². The Morgan fingerprint density at radius 2 is 2.19 bits per heavy atom. The summed E-state index contributed by atoms with van der Waals surface area (Å²) >= 11 is 1.64. The second kappa shape index (κ2) is 4.45. The summed E-state index contributed by atoms with van der Waals surface area (Å²) in [5.41, 5.74) is 7.80. The molecule has 4 heteroatoms. The number of nitrogens with two attached hydrogens (primary N) is 1. The second-order valence-electron chi connectivity index (χ2n) is 3.36. The Kier molecular flexibility index (Phi) is 3.01. The van der Waals surface area contributed by atoms with Crippen LogP contribution in [0, 0.1) is 0 Å². The lowest BCUT2D eigenvalue weighted by Crippen LogP contribution is -2.10. The van der Waals surface area contributed by atoms with E-state index in [4.69, 9.17) is 5.73 Å². The summed E-state index contributed by atoms with van der Waals surface area (Å²) < 4.78 is 0. The number of hydrogen-bond acceptors (Lipinski definition) is 2. The monoisotopic (exact) mass is 232 g/mol. The summed E-state index contributed by atoms with van der Waals surface area (Å²) in [6, 6.07) is 9.39. The smallest absolute Gasteiger partial charge is 0.248 e. The van der Waals surface area contributed by atoms with Crippen molar-refractivity contribution in [1.29, 1.82) is 0 Å². The summed E-state index contributed by atoms with van der Waals surface area (Å²) in [6.45, 7) is 0. The highest BCUT2D eigenvalue weighted by molar-refractivity contribution is 7.98. The molecular formula is C12H12N2OS. The number of H-pyrrole nitrogens is 1. The predicted molar refractivity (Wildman–Crippen MR) is 66.5 cm³/mol. The SMILES string of the molecule is CSc1ccc(C(N)=O)cc1-c1ccc[nH]1. The molecule has 1 aromatic heterocycles. The van der Waals surface area contributed by atoms with Gasteiger partial charge >= 0.3 is 0 Å². The molecule has 16 heavy (non-hydrogen) atoms. The van der Waals surface area contributed by atoms with E-state index in [0.29, 0.717) is 5.56 Å². The first-order valence-electron chi connectivity index (χ1n) is 4.84. The van der Waals surface area contributed by atoms with Gasteiger partial charge in [0.2, 0.25) is 5.91 Å². The van der Waals surface area contributed by atoms with Crippen molar-refractivity contribution in [2.24, 2.45) is 5.73 Å². The number of rotatable bonds is 3. The number of carbonyl (C=O) groups excluding carboxylic acids is 1. The molecule has 1 amide bonds. The average molecular weight is 232 g/mol. The number of hydrogen-bond donors (Lipinski definition) is 2. The van der Waals surface area contributed by atoms with E-state index in [9.17, 15) is 4.79 Å². The number of nitrogens with one attached hydrogen (secondary N) is 1. The number of aromatic nitrogens is 1. The number of aromatic amines is 1. The van der Waals surface area contributed by atoms with Crippen molar-refractivity contribution in [2.75, 3.05) is 6.26 Å². The first-order valence-corrected chi connectivity index (χ1v) is 6.06. The summed E-state index contributed by atoms with van der Waals surface area (Å²) in [5, 5.41) is 0. The predicted octanol–water partition coefficient (Wildman–Crippen LogP) is 2.50. The fourth-order valence-corrected chi connectivity index (χ4v) is 2.16. The van der Waals surface area contributed by atoms with Crippen LogP contribution in [0.25, 0.3) is 11.3 Å². The molecule has 0 atom stereocenters. The van der Waals surface area contributed by atoms with Crippen molar-refractivity contribution in [3.8, 4) is 11.3 Å². The molecule has 82 valence electrons. The van der Waals surface area contributed by atoms with Crippen LogP contribution in [0.15, 0.2) is 41.4 Å². The van der Waals surface area contributed by atoms with Crippen LogP contribution in [0.1, 0.15) is 10.4 Å². The Balaban J connectivity index is 2.56. The first kappa shape index (κ1) is 10.8. The van der Waals surface area contributed by atoms with Gasteiger partial charge in [-0.15, -0.1) is 11.8 Å². The Bertz CT molecular complexity index is 506. The standard InChI is InChI=1S/C12H12N2OS/c1-16-11-5-4-8(12(13)15)7-9(11)10-3-2-6-14-10/h2-7,14H,1H3,(H2,13,15). The van der Waals surface area contributed by atoms with Gasteiger partial charge in [-0.2, -0.15) is 0 Å². The van der Waals surface area contributed by atoms with Gasteiger partial charge in [-0.1, -0.05) is 0 Å². The summed E-state index contributed by atoms with van der Waals surface area (Å²) in [6.07, 6.45) is 3.86. The maximum absolute atomic E-state index is 11.1. The third kappa shape index (κ3) is 1.97. The Morgan fingerprint density at radius 1 is 1.38 bits per heavy atom. The molecule has 2 aromatic rings. The van der Waals surface area contributed by atoms with Crippen molar-refractivity contribution in [1.82, 2.24) is 4.98 Å². The molecule has 3 nitrogen and oxygen atoms in total. The van der Waals surface area contributed by atoms with Crippen molar-refractivity contribution in [3.05, 3.63) is 42.1 Å². The van der Waals surface area contributed by atoms with Crippen LogP contribution in [-0.4, -0.2) is 17.1 Å². The van der Waals surface area contributed by atoms with E-state index in [-0.39, 0.29) is 0 Å². The van der Waals surface area contributed by atoms with Crippen LogP contribution in [0.2, 0.25) is 0 Å². The molecule has 0 radical (unpaired) electrons. The largest absolute Gasteiger partial charge is 0.366 e. The highest BCUT2D eigenvalue weighted by Gasteiger charge is 2.08. The van der Waals surface area contributed by atoms with Gasteiger partial charge in [-0.3, -0.25) is 4.79 Å². The van der Waals surface area contributed by atoms with E-state index >= 15 is 0 Å². The van der Waals surface area contributed by atoms with Crippen molar-refractivity contribution in [2.45, 2.75) is 4.90 Å². The molecule has 1 aromatic carbocycles. The van der Waals surface area contributed by atoms with Crippen molar-refractivity contribution in [3.63, 3.8) is 0 Å². The number of benzene rings is 1. The van der Waals surface area contributed by atoms with Crippen LogP contribution in [0.5, 0.6) is 0 Å². The molecule has 0 aliphatic rings. The van der Waals surface area contributed by atoms with Gasteiger partial charge in [0, 0.05) is 27.9 Å². The number of carbonyl (C=O) groups is 1. The van der Waals surface area contributed by atoms with Crippen molar-refractivity contribution >= 4 is 17.7 Å². The lowest BCUT2D eigenvalue weighted by atomic mass is 10.1. The van der Waals surface area contributed by atoms with Gasteiger partial charge in [0.1, 0.15) is 0 Å². The molecule has 0 unspecified atom stereocenters. The van der Waals surface area contributed by atoms with E-state index in [0.717, 1.165) is 16.2 Å². The second-order valence-corrected chi connectivity index (χ2v) is 4.21. The van der Waals surface area contributed by atoms with Crippen LogP contribution in [0.4, 0.5) is 0 Å². The lowest BCUT2D eigenvalue weighted by Gasteiger charge is -2.07. The van der Waals surface area contributed by atoms with Gasteiger partial charge in [-0.25, -0.2) is 0 Å². The molecule has 0 spiro atoms. The fraction of sp³-hybridized carbons (Fsp3) is 0.0833. The molecule has 0 bridgehead atoms. The van der Waals surface area contributed by atoms with Crippen molar-refractivity contribution < 1.29 is 4.79 Å². The normalized spacial score (nSPS) is 10.3. The fourth-order valence-electron chi connectivity index (χ4n) is 1.57. The highest BCUT2D eigenvalue weighted by atomic mass is 32.2. The maximum atomic E-state index is 11.1. The Hall–Kier alpha value is -1.68. The number of thioether (sulfide) groups is 1. The Labute approximate surface area is 98.1 Å². The minimum absolute atomic E-state index is 0.402. The third-order valence-corrected chi connectivity index (χ3v) is 3.17. The summed E-state index contributed by atoms with van der Waals surface area (Å²) in [4.78, 5) is 15.4. The molecule has 0 aliphatic heterocycles. The molecule has 0 saturated heterocycles. The summed E-state index contributed by atoms with van der Waals surface area (Å²) in [5.74, 6) is -0.402. The van der Waals surface area contributed by atoms with E-state index in [1.807, 2.05) is 36.7 Å². The zero-order chi connectivity index (χ0) is 11.5. The van der Waals surface area contributed by atoms with E-state index in [2.05, 4.69) is 4.98 Å². The van der Waals surface area contributed by atoms with Gasteiger partial charge in [0.05, 0.1) is 0 Å².